The Morgan fingerprint density at radius 2 is 0.333 bits per heavy atom. The van der Waals surface area contributed by atoms with Gasteiger partial charge in [0.1, 0.15) is 0 Å². The summed E-state index contributed by atoms with van der Waals surface area (Å²) in [7, 11) is 0. The number of hydrogen-bond donors (Lipinski definition) is 0. The minimum Gasteiger partial charge on any atom is -1.00 e. The second kappa shape index (κ2) is 741. The normalized spacial score (nSPS) is 0. The van der Waals surface area contributed by atoms with E-state index < -0.39 is 0 Å². The molecule has 0 aliphatic heterocycles. The van der Waals surface area contributed by atoms with Crippen LogP contribution in [0, 0.1) is 0 Å². The number of hydrogen-bond acceptors (Lipinski definition) is 0. The van der Waals surface area contributed by atoms with Crippen LogP contribution in [0.2, 0.25) is 0 Å². The van der Waals surface area contributed by atoms with Gasteiger partial charge in [0.2, 0.25) is 0 Å². The molecule has 0 aromatic heterocycles. The van der Waals surface area contributed by atoms with Gasteiger partial charge in [0.25, 0.3) is 0 Å². The van der Waals surface area contributed by atoms with Crippen LogP contribution in [0.3, 0.4) is 0 Å². The van der Waals surface area contributed by atoms with Crippen LogP contribution < -0.4 is 24.8 Å². The molecule has 70 valence electrons. The second-order valence-corrected chi connectivity index (χ2v) is 0. The molecule has 0 bridgehead atoms. The van der Waals surface area contributed by atoms with Gasteiger partial charge >= 0.3 is 17.1 Å². The fourth-order valence-electron chi connectivity index (χ4n) is 0. The third-order valence-electron chi connectivity index (χ3n) is 0. The summed E-state index contributed by atoms with van der Waals surface area (Å²) in [6.07, 6.45) is 0. The van der Waals surface area contributed by atoms with Crippen LogP contribution in [-0.4, -0.2) is 32.9 Å². The Morgan fingerprint density at radius 3 is 0.333 bits per heavy atom. The van der Waals surface area contributed by atoms with Crippen LogP contribution in [0.1, 0.15) is 0 Å². The van der Waals surface area contributed by atoms with E-state index in [1.807, 2.05) is 0 Å². The molecule has 6 nitrogen and oxygen atoms in total. The largest absolute Gasteiger partial charge is 2.00 e. The average Bonchev–Trinajstić information content (AvgIpc) is 0. The first-order valence-electron chi connectivity index (χ1n) is 0. The van der Waals surface area contributed by atoms with Crippen molar-refractivity contribution in [2.45, 2.75) is 0 Å². The Bertz CT molecular complexity index is 11.0. The van der Waals surface area contributed by atoms with Gasteiger partial charge < -0.3 is 57.7 Å². The van der Waals surface area contributed by atoms with Gasteiger partial charge in [0.05, 0.1) is 0 Å². The maximum absolute atomic E-state index is 0. The van der Waals surface area contributed by atoms with Crippen molar-refractivity contribution in [3.05, 3.63) is 0 Å². The molecule has 0 saturated heterocycles. The fraction of sp³-hybridized carbons (Fsp3) is 0. The molecular weight excluding hydrogens is 223 g/mol. The van der Waals surface area contributed by atoms with E-state index in [2.05, 4.69) is 0 Å². The summed E-state index contributed by atoms with van der Waals surface area (Å²) in [6, 6.07) is 0. The smallest absolute Gasteiger partial charge is 1.00 e. The van der Waals surface area contributed by atoms with Crippen LogP contribution in [0.4, 0.5) is 0 Å². The molecule has 0 radical (unpaired) electrons. The molecule has 0 spiro atoms. The summed E-state index contributed by atoms with van der Waals surface area (Å²) in [6.45, 7) is 0. The van der Waals surface area contributed by atoms with Gasteiger partial charge in [-0.25, -0.2) is 0 Å². The summed E-state index contributed by atoms with van der Waals surface area (Å²) in [4.78, 5) is 0. The number of rotatable bonds is 0. The van der Waals surface area contributed by atoms with Crippen molar-refractivity contribution in [2.24, 2.45) is 0 Å². The van der Waals surface area contributed by atoms with Crippen LogP contribution >= 0.6 is 0 Å². The van der Waals surface area contributed by atoms with E-state index in [-0.39, 0.29) is 74.7 Å². The Morgan fingerprint density at radius 1 is 0.333 bits per heavy atom. The van der Waals surface area contributed by atoms with E-state index in [1.165, 1.54) is 0 Å². The molecule has 0 aliphatic rings. The predicted octanol–water partition coefficient (Wildman–Crippen LogP) is -10.9. The first kappa shape index (κ1) is 1050. The molecule has 9 heteroatoms. The Balaban J connectivity index is 0. The van der Waals surface area contributed by atoms with Crippen molar-refractivity contribution in [1.82, 2.24) is 0 Å². The Hall–Kier alpha value is 0.859. The van der Waals surface area contributed by atoms with E-state index in [9.17, 15) is 0 Å². The van der Waals surface area contributed by atoms with Crippen molar-refractivity contribution < 1.29 is 74.7 Å². The zero-order valence-corrected chi connectivity index (χ0v) is 6.73. The van der Waals surface area contributed by atoms with E-state index in [4.69, 9.17) is 0 Å². The Labute approximate surface area is 75.2 Å². The quantitative estimate of drug-likeness (QED) is 0.360. The molecule has 0 heterocycles. The van der Waals surface area contributed by atoms with Crippen LogP contribution in [0.25, 0.3) is 0 Å². The van der Waals surface area contributed by atoms with Gasteiger partial charge in [-0.3, -0.25) is 0 Å². The molecule has 0 atom stereocenters. The average molecular weight is 235 g/mol. The van der Waals surface area contributed by atoms with Crippen molar-refractivity contribution in [3.8, 4) is 0 Å². The summed E-state index contributed by atoms with van der Waals surface area (Å²) in [5, 5.41) is 0. The molecular formula is H12Cl2FeO6. The van der Waals surface area contributed by atoms with Gasteiger partial charge in [0.15, 0.2) is 0 Å². The molecule has 12 N–H and O–H groups in total. The van der Waals surface area contributed by atoms with Gasteiger partial charge in [-0.05, 0) is 0 Å². The summed E-state index contributed by atoms with van der Waals surface area (Å²) >= 11 is 0. The third kappa shape index (κ3) is 564. The van der Waals surface area contributed by atoms with Gasteiger partial charge in [-0.1, -0.05) is 0 Å². The van der Waals surface area contributed by atoms with Crippen molar-refractivity contribution in [3.63, 3.8) is 0 Å². The first-order valence-corrected chi connectivity index (χ1v) is 0. The zero-order chi connectivity index (χ0) is 0. The van der Waals surface area contributed by atoms with Crippen molar-refractivity contribution in [2.75, 3.05) is 0 Å². The predicted molar refractivity (Wildman–Crippen MR) is 21.7 cm³/mol. The zero-order valence-electron chi connectivity index (χ0n) is 4.11. The van der Waals surface area contributed by atoms with Crippen LogP contribution in [0.15, 0.2) is 0 Å². The molecule has 0 aromatic rings. The number of halogens is 2. The standard InChI is InChI=1S/2ClH.Fe.6H2O/h2*1H;;6*1H2/q;;+2;;;;;;/p-2. The monoisotopic (exact) mass is 234 g/mol. The minimum absolute atomic E-state index is 0. The molecule has 0 saturated carbocycles. The molecule has 0 aromatic carbocycles. The minimum atomic E-state index is 0. The summed E-state index contributed by atoms with van der Waals surface area (Å²) < 4.78 is 0. The third-order valence-corrected chi connectivity index (χ3v) is 0. The maximum Gasteiger partial charge on any atom is 2.00 e. The van der Waals surface area contributed by atoms with E-state index in [0.717, 1.165) is 0 Å². The Kier molecular flexibility index (Phi) is 86200. The first-order chi connectivity index (χ1) is 0. The van der Waals surface area contributed by atoms with Gasteiger partial charge in [-0.15, -0.1) is 0 Å². The van der Waals surface area contributed by atoms with Crippen LogP contribution in [0.5, 0.6) is 0 Å². The van der Waals surface area contributed by atoms with Crippen molar-refractivity contribution >= 4 is 0 Å². The van der Waals surface area contributed by atoms with Crippen LogP contribution in [-0.2, 0) is 17.1 Å². The SMILES string of the molecule is O.O.O.O.O.O.[Cl-].[Cl-].[Fe+2]. The fourth-order valence-corrected chi connectivity index (χ4v) is 0. The molecule has 0 amide bonds. The molecule has 0 unspecified atom stereocenters. The maximum atomic E-state index is 0. The van der Waals surface area contributed by atoms with Gasteiger partial charge in [0, 0.05) is 0 Å². The van der Waals surface area contributed by atoms with E-state index >= 15 is 0 Å². The van der Waals surface area contributed by atoms with E-state index in [1.54, 1.807) is 0 Å². The molecule has 9 heavy (non-hydrogen) atoms. The van der Waals surface area contributed by atoms with Gasteiger partial charge in [-0.2, -0.15) is 0 Å². The van der Waals surface area contributed by atoms with Crippen molar-refractivity contribution in [1.29, 1.82) is 0 Å². The molecule has 0 rings (SSSR count). The second-order valence-electron chi connectivity index (χ2n) is 0. The summed E-state index contributed by atoms with van der Waals surface area (Å²) in [5.74, 6) is 0. The van der Waals surface area contributed by atoms with E-state index in [0.29, 0.717) is 0 Å². The summed E-state index contributed by atoms with van der Waals surface area (Å²) in [5.41, 5.74) is 0. The molecule has 0 aliphatic carbocycles. The molecule has 0 fully saturated rings. The topological polar surface area (TPSA) is 189 Å².